The van der Waals surface area contributed by atoms with Gasteiger partial charge < -0.3 is 10.0 Å². The summed E-state index contributed by atoms with van der Waals surface area (Å²) in [7, 11) is 0. The molecule has 17 heavy (non-hydrogen) atoms. The lowest BCUT2D eigenvalue weighted by Gasteiger charge is -2.26. The van der Waals surface area contributed by atoms with Crippen molar-refractivity contribution in [2.45, 2.75) is 33.1 Å². The van der Waals surface area contributed by atoms with Crippen molar-refractivity contribution in [1.29, 1.82) is 5.26 Å². The maximum atomic E-state index is 12.1. The maximum Gasteiger partial charge on any atom is 0.319 e. The van der Waals surface area contributed by atoms with Crippen LogP contribution in [-0.4, -0.2) is 35.0 Å². The molecular formula is C12H18N2O3. The van der Waals surface area contributed by atoms with Crippen molar-refractivity contribution in [2.24, 2.45) is 11.3 Å². The highest BCUT2D eigenvalue weighted by Crippen LogP contribution is 2.47. The van der Waals surface area contributed by atoms with Gasteiger partial charge in [-0.2, -0.15) is 5.26 Å². The molecular weight excluding hydrogens is 220 g/mol. The van der Waals surface area contributed by atoms with Crippen molar-refractivity contribution in [3.05, 3.63) is 0 Å². The van der Waals surface area contributed by atoms with Crippen molar-refractivity contribution in [1.82, 2.24) is 4.90 Å². The summed E-state index contributed by atoms with van der Waals surface area (Å²) >= 11 is 0. The molecule has 0 atom stereocenters. The number of amides is 1. The molecule has 1 fully saturated rings. The number of hydrogen-bond acceptors (Lipinski definition) is 3. The summed E-state index contributed by atoms with van der Waals surface area (Å²) in [6.45, 7) is 4.76. The van der Waals surface area contributed by atoms with E-state index in [1.807, 2.05) is 19.9 Å². The van der Waals surface area contributed by atoms with Crippen molar-refractivity contribution in [3.8, 4) is 6.07 Å². The zero-order valence-corrected chi connectivity index (χ0v) is 10.3. The van der Waals surface area contributed by atoms with E-state index in [-0.39, 0.29) is 18.2 Å². The van der Waals surface area contributed by atoms with Crippen molar-refractivity contribution in [3.63, 3.8) is 0 Å². The summed E-state index contributed by atoms with van der Waals surface area (Å²) in [4.78, 5) is 24.7. The monoisotopic (exact) mass is 238 g/mol. The minimum absolute atomic E-state index is 0.244. The van der Waals surface area contributed by atoms with E-state index in [1.54, 1.807) is 0 Å². The van der Waals surface area contributed by atoms with Crippen LogP contribution in [0, 0.1) is 22.7 Å². The second-order valence-electron chi connectivity index (χ2n) is 4.94. The zero-order chi connectivity index (χ0) is 13.1. The molecule has 94 valence electrons. The molecule has 1 saturated carbocycles. The Labute approximate surface area is 101 Å². The average molecular weight is 238 g/mol. The van der Waals surface area contributed by atoms with E-state index in [1.165, 1.54) is 4.90 Å². The first-order valence-electron chi connectivity index (χ1n) is 5.84. The molecule has 5 nitrogen and oxygen atoms in total. The third kappa shape index (κ3) is 2.96. The first-order valence-corrected chi connectivity index (χ1v) is 5.84. The van der Waals surface area contributed by atoms with Crippen LogP contribution in [0.15, 0.2) is 0 Å². The van der Waals surface area contributed by atoms with Crippen LogP contribution in [0.5, 0.6) is 0 Å². The van der Waals surface area contributed by atoms with Gasteiger partial charge in [0.1, 0.15) is 5.41 Å². The van der Waals surface area contributed by atoms with Gasteiger partial charge >= 0.3 is 5.97 Å². The van der Waals surface area contributed by atoms with Crippen LogP contribution in [0.4, 0.5) is 0 Å². The Morgan fingerprint density at radius 3 is 2.41 bits per heavy atom. The smallest absolute Gasteiger partial charge is 0.319 e. The highest BCUT2D eigenvalue weighted by Gasteiger charge is 2.58. The first-order chi connectivity index (χ1) is 7.94. The molecule has 0 bridgehead atoms. The molecule has 1 aliphatic carbocycles. The van der Waals surface area contributed by atoms with Gasteiger partial charge in [-0.05, 0) is 18.8 Å². The third-order valence-electron chi connectivity index (χ3n) is 2.94. The highest BCUT2D eigenvalue weighted by atomic mass is 16.4. The van der Waals surface area contributed by atoms with E-state index in [0.29, 0.717) is 25.9 Å². The predicted molar refractivity (Wildman–Crippen MR) is 61.0 cm³/mol. The summed E-state index contributed by atoms with van der Waals surface area (Å²) in [5, 5.41) is 17.6. The molecule has 1 aliphatic rings. The Kier molecular flexibility index (Phi) is 4.11. The summed E-state index contributed by atoms with van der Waals surface area (Å²) in [6.07, 6.45) is 1.08. The minimum Gasteiger partial charge on any atom is -0.480 e. The van der Waals surface area contributed by atoms with Gasteiger partial charge in [0.15, 0.2) is 0 Å². The number of nitriles is 1. The molecule has 5 heteroatoms. The van der Waals surface area contributed by atoms with Crippen LogP contribution in [0.1, 0.15) is 33.1 Å². The molecule has 0 radical (unpaired) electrons. The van der Waals surface area contributed by atoms with Crippen LogP contribution in [0.2, 0.25) is 0 Å². The lowest BCUT2D eigenvalue weighted by atomic mass is 10.0. The van der Waals surface area contributed by atoms with E-state index >= 15 is 0 Å². The van der Waals surface area contributed by atoms with Gasteiger partial charge in [0.2, 0.25) is 5.91 Å². The summed E-state index contributed by atoms with van der Waals surface area (Å²) in [6, 6.07) is 1.99. The highest BCUT2D eigenvalue weighted by molar-refractivity contribution is 6.04. The van der Waals surface area contributed by atoms with Crippen LogP contribution in [0.25, 0.3) is 0 Å². The van der Waals surface area contributed by atoms with Gasteiger partial charge in [-0.15, -0.1) is 0 Å². The SMILES string of the molecule is CC(C)CN(CCC#N)C(=O)C1(C(=O)O)CC1. The molecule has 0 aliphatic heterocycles. The fourth-order valence-electron chi connectivity index (χ4n) is 1.85. The predicted octanol–water partition coefficient (Wildman–Crippen LogP) is 1.25. The standard InChI is InChI=1S/C12H18N2O3/c1-9(2)8-14(7-3-6-13)10(15)12(4-5-12)11(16)17/h9H,3-5,7-8H2,1-2H3,(H,16,17). The molecule has 1 N–H and O–H groups in total. The van der Waals surface area contributed by atoms with E-state index in [4.69, 9.17) is 10.4 Å². The van der Waals surface area contributed by atoms with Crippen LogP contribution < -0.4 is 0 Å². The molecule has 0 saturated heterocycles. The molecule has 0 aromatic carbocycles. The molecule has 0 heterocycles. The van der Waals surface area contributed by atoms with Gasteiger partial charge in [-0.25, -0.2) is 0 Å². The molecule has 0 aromatic heterocycles. The third-order valence-corrected chi connectivity index (χ3v) is 2.94. The molecule has 0 unspecified atom stereocenters. The fraction of sp³-hybridized carbons (Fsp3) is 0.750. The van der Waals surface area contributed by atoms with Gasteiger partial charge in [-0.1, -0.05) is 13.8 Å². The number of aliphatic carboxylic acids is 1. The Balaban J connectivity index is 2.73. The number of carboxylic acid groups (broad SMARTS) is 1. The average Bonchev–Trinajstić information content (AvgIpc) is 3.03. The second-order valence-corrected chi connectivity index (χ2v) is 4.94. The van der Waals surface area contributed by atoms with Crippen molar-refractivity contribution < 1.29 is 14.7 Å². The van der Waals surface area contributed by atoms with Crippen molar-refractivity contribution in [2.75, 3.05) is 13.1 Å². The summed E-state index contributed by atoms with van der Waals surface area (Å²) in [5.74, 6) is -1.09. The number of rotatable bonds is 6. The Hall–Kier alpha value is -1.57. The topological polar surface area (TPSA) is 81.4 Å². The summed E-state index contributed by atoms with van der Waals surface area (Å²) in [5.41, 5.74) is -1.19. The molecule has 1 amide bonds. The maximum absolute atomic E-state index is 12.1. The minimum atomic E-state index is -1.19. The number of hydrogen-bond donors (Lipinski definition) is 1. The van der Waals surface area contributed by atoms with Gasteiger partial charge in [0.25, 0.3) is 0 Å². The second kappa shape index (κ2) is 5.17. The lowest BCUT2D eigenvalue weighted by Crippen LogP contribution is -2.43. The number of carboxylic acids is 1. The van der Waals surface area contributed by atoms with E-state index in [9.17, 15) is 9.59 Å². The molecule has 1 rings (SSSR count). The number of carbonyl (C=O) groups is 2. The summed E-state index contributed by atoms with van der Waals surface area (Å²) < 4.78 is 0. The fourth-order valence-corrected chi connectivity index (χ4v) is 1.85. The molecule has 0 aromatic rings. The normalized spacial score (nSPS) is 16.4. The van der Waals surface area contributed by atoms with Gasteiger partial charge in [-0.3, -0.25) is 9.59 Å². The van der Waals surface area contributed by atoms with Crippen LogP contribution in [-0.2, 0) is 9.59 Å². The Morgan fingerprint density at radius 2 is 2.06 bits per heavy atom. The quantitative estimate of drug-likeness (QED) is 0.706. The van der Waals surface area contributed by atoms with Gasteiger partial charge in [0, 0.05) is 13.1 Å². The Bertz CT molecular complexity index is 353. The van der Waals surface area contributed by atoms with E-state index < -0.39 is 11.4 Å². The Morgan fingerprint density at radius 1 is 1.47 bits per heavy atom. The van der Waals surface area contributed by atoms with E-state index in [2.05, 4.69) is 0 Å². The molecule has 0 spiro atoms. The largest absolute Gasteiger partial charge is 0.480 e. The number of nitrogens with zero attached hydrogens (tertiary/aromatic N) is 2. The van der Waals surface area contributed by atoms with Gasteiger partial charge in [0.05, 0.1) is 12.5 Å². The van der Waals surface area contributed by atoms with E-state index in [0.717, 1.165) is 0 Å². The van der Waals surface area contributed by atoms with Crippen LogP contribution in [0.3, 0.4) is 0 Å². The zero-order valence-electron chi connectivity index (χ0n) is 10.3. The number of carbonyl (C=O) groups excluding carboxylic acids is 1. The van der Waals surface area contributed by atoms with Crippen LogP contribution >= 0.6 is 0 Å². The first kappa shape index (κ1) is 13.5. The lowest BCUT2D eigenvalue weighted by molar-refractivity contribution is -0.153. The van der Waals surface area contributed by atoms with Crippen molar-refractivity contribution >= 4 is 11.9 Å².